The summed E-state index contributed by atoms with van der Waals surface area (Å²) >= 11 is 0. The van der Waals surface area contributed by atoms with Crippen molar-refractivity contribution in [3.05, 3.63) is 5.89 Å². The SMILES string of the molecule is CCCNC(C)c1nnc(N2CCNC(=O)CC2)o1. The molecule has 1 amide bonds. The van der Waals surface area contributed by atoms with Gasteiger partial charge in [0.1, 0.15) is 0 Å². The van der Waals surface area contributed by atoms with Gasteiger partial charge in [-0.2, -0.15) is 0 Å². The average Bonchev–Trinajstić information content (AvgIpc) is 2.80. The standard InChI is InChI=1S/C12H21N5O2/c1-3-5-13-9(2)11-15-16-12(19-11)17-7-4-10(18)14-6-8-17/h9,13H,3-8H2,1-2H3,(H,14,18). The zero-order valence-electron chi connectivity index (χ0n) is 11.5. The second kappa shape index (κ2) is 6.51. The Balaban J connectivity index is 1.97. The maximum absolute atomic E-state index is 11.3. The van der Waals surface area contributed by atoms with Gasteiger partial charge in [0.15, 0.2) is 0 Å². The summed E-state index contributed by atoms with van der Waals surface area (Å²) in [4.78, 5) is 13.2. The normalized spacial score (nSPS) is 18.0. The second-order valence-electron chi connectivity index (χ2n) is 4.69. The van der Waals surface area contributed by atoms with Gasteiger partial charge in [0.25, 0.3) is 0 Å². The smallest absolute Gasteiger partial charge is 0.318 e. The van der Waals surface area contributed by atoms with Gasteiger partial charge in [-0.3, -0.25) is 4.79 Å². The fourth-order valence-electron chi connectivity index (χ4n) is 1.94. The Hall–Kier alpha value is -1.63. The minimum absolute atomic E-state index is 0.0490. The molecular weight excluding hydrogens is 246 g/mol. The van der Waals surface area contributed by atoms with Crippen LogP contribution < -0.4 is 15.5 Å². The Morgan fingerprint density at radius 1 is 1.47 bits per heavy atom. The van der Waals surface area contributed by atoms with E-state index < -0.39 is 0 Å². The molecule has 1 aliphatic heterocycles. The van der Waals surface area contributed by atoms with Gasteiger partial charge in [0, 0.05) is 26.1 Å². The number of hydrogen-bond donors (Lipinski definition) is 2. The maximum Gasteiger partial charge on any atom is 0.318 e. The number of hydrogen-bond acceptors (Lipinski definition) is 6. The topological polar surface area (TPSA) is 83.3 Å². The first-order valence-electron chi connectivity index (χ1n) is 6.79. The molecule has 2 rings (SSSR count). The van der Waals surface area contributed by atoms with Crippen molar-refractivity contribution in [2.75, 3.05) is 31.1 Å². The van der Waals surface area contributed by atoms with E-state index in [4.69, 9.17) is 4.42 Å². The zero-order chi connectivity index (χ0) is 13.7. The third-order valence-electron chi connectivity index (χ3n) is 3.08. The Morgan fingerprint density at radius 2 is 2.32 bits per heavy atom. The molecule has 0 radical (unpaired) electrons. The van der Waals surface area contributed by atoms with Crippen LogP contribution in [0.25, 0.3) is 0 Å². The number of nitrogens with one attached hydrogen (secondary N) is 2. The van der Waals surface area contributed by atoms with E-state index in [0.29, 0.717) is 38.0 Å². The molecule has 0 bridgehead atoms. The van der Waals surface area contributed by atoms with Gasteiger partial charge in [0.05, 0.1) is 6.04 Å². The van der Waals surface area contributed by atoms with Gasteiger partial charge < -0.3 is 20.0 Å². The number of carbonyl (C=O) groups excluding carboxylic acids is 1. The predicted molar refractivity (Wildman–Crippen MR) is 70.8 cm³/mol. The van der Waals surface area contributed by atoms with Gasteiger partial charge in [0.2, 0.25) is 11.8 Å². The summed E-state index contributed by atoms with van der Waals surface area (Å²) < 4.78 is 5.67. The number of aromatic nitrogens is 2. The highest BCUT2D eigenvalue weighted by molar-refractivity contribution is 5.76. The lowest BCUT2D eigenvalue weighted by atomic mass is 10.3. The van der Waals surface area contributed by atoms with Crippen LogP contribution in [0.5, 0.6) is 0 Å². The molecule has 7 heteroatoms. The van der Waals surface area contributed by atoms with Crippen LogP contribution in [0.15, 0.2) is 4.42 Å². The van der Waals surface area contributed by atoms with Crippen molar-refractivity contribution in [2.45, 2.75) is 32.7 Å². The van der Waals surface area contributed by atoms with Crippen molar-refractivity contribution in [1.82, 2.24) is 20.8 Å². The fraction of sp³-hybridized carbons (Fsp3) is 0.750. The van der Waals surface area contributed by atoms with Crippen molar-refractivity contribution in [1.29, 1.82) is 0 Å². The van der Waals surface area contributed by atoms with E-state index in [0.717, 1.165) is 13.0 Å². The molecule has 0 aromatic carbocycles. The van der Waals surface area contributed by atoms with E-state index in [-0.39, 0.29) is 11.9 Å². The average molecular weight is 267 g/mol. The third kappa shape index (κ3) is 3.66. The molecule has 7 nitrogen and oxygen atoms in total. The molecular formula is C12H21N5O2. The highest BCUT2D eigenvalue weighted by Crippen LogP contribution is 2.17. The highest BCUT2D eigenvalue weighted by atomic mass is 16.4. The minimum atomic E-state index is 0.0490. The maximum atomic E-state index is 11.3. The first-order chi connectivity index (χ1) is 9.20. The summed E-state index contributed by atoms with van der Waals surface area (Å²) in [5, 5.41) is 14.3. The quantitative estimate of drug-likeness (QED) is 0.806. The lowest BCUT2D eigenvalue weighted by molar-refractivity contribution is -0.120. The number of anilines is 1. The molecule has 1 atom stereocenters. The van der Waals surface area contributed by atoms with Crippen LogP contribution in [0.2, 0.25) is 0 Å². The lowest BCUT2D eigenvalue weighted by Gasteiger charge is -2.15. The number of carbonyl (C=O) groups is 1. The number of nitrogens with zero attached hydrogens (tertiary/aromatic N) is 3. The van der Waals surface area contributed by atoms with E-state index in [1.807, 2.05) is 11.8 Å². The Kier molecular flexibility index (Phi) is 4.73. The highest BCUT2D eigenvalue weighted by Gasteiger charge is 2.20. The fourth-order valence-corrected chi connectivity index (χ4v) is 1.94. The van der Waals surface area contributed by atoms with Gasteiger partial charge in [-0.1, -0.05) is 12.0 Å². The van der Waals surface area contributed by atoms with Crippen LogP contribution in [0.3, 0.4) is 0 Å². The zero-order valence-corrected chi connectivity index (χ0v) is 11.5. The predicted octanol–water partition coefficient (Wildman–Crippen LogP) is 0.456. The summed E-state index contributed by atoms with van der Waals surface area (Å²) in [7, 11) is 0. The van der Waals surface area contributed by atoms with Gasteiger partial charge in [-0.25, -0.2) is 0 Å². The summed E-state index contributed by atoms with van der Waals surface area (Å²) in [5.74, 6) is 0.659. The van der Waals surface area contributed by atoms with Gasteiger partial charge in [-0.15, -0.1) is 5.10 Å². The third-order valence-corrected chi connectivity index (χ3v) is 3.08. The van der Waals surface area contributed by atoms with Crippen molar-refractivity contribution in [2.24, 2.45) is 0 Å². The van der Waals surface area contributed by atoms with Gasteiger partial charge >= 0.3 is 6.01 Å². The van der Waals surface area contributed by atoms with Crippen LogP contribution in [-0.2, 0) is 4.79 Å². The molecule has 0 spiro atoms. The molecule has 1 fully saturated rings. The van der Waals surface area contributed by atoms with E-state index in [1.54, 1.807) is 0 Å². The van der Waals surface area contributed by atoms with Crippen LogP contribution in [0, 0.1) is 0 Å². The molecule has 1 unspecified atom stereocenters. The first kappa shape index (κ1) is 13.8. The van der Waals surface area contributed by atoms with Crippen LogP contribution in [0.4, 0.5) is 6.01 Å². The van der Waals surface area contributed by atoms with E-state index >= 15 is 0 Å². The van der Waals surface area contributed by atoms with E-state index in [9.17, 15) is 4.79 Å². The van der Waals surface area contributed by atoms with Crippen LogP contribution >= 0.6 is 0 Å². The molecule has 1 saturated heterocycles. The Morgan fingerprint density at radius 3 is 3.11 bits per heavy atom. The monoisotopic (exact) mass is 267 g/mol. The molecule has 0 aliphatic carbocycles. The van der Waals surface area contributed by atoms with Crippen molar-refractivity contribution < 1.29 is 9.21 Å². The Bertz CT molecular complexity index is 420. The lowest BCUT2D eigenvalue weighted by Crippen LogP contribution is -2.28. The van der Waals surface area contributed by atoms with E-state index in [2.05, 4.69) is 27.8 Å². The summed E-state index contributed by atoms with van der Waals surface area (Å²) in [6.07, 6.45) is 1.52. The largest absolute Gasteiger partial charge is 0.406 e. The molecule has 1 aliphatic rings. The van der Waals surface area contributed by atoms with Crippen molar-refractivity contribution in [3.8, 4) is 0 Å². The van der Waals surface area contributed by atoms with Crippen molar-refractivity contribution in [3.63, 3.8) is 0 Å². The summed E-state index contributed by atoms with van der Waals surface area (Å²) in [6, 6.07) is 0.546. The molecule has 19 heavy (non-hydrogen) atoms. The van der Waals surface area contributed by atoms with Crippen LogP contribution in [-0.4, -0.2) is 42.3 Å². The molecule has 2 N–H and O–H groups in total. The molecule has 1 aromatic rings. The van der Waals surface area contributed by atoms with Gasteiger partial charge in [-0.05, 0) is 19.9 Å². The minimum Gasteiger partial charge on any atom is -0.406 e. The van der Waals surface area contributed by atoms with E-state index in [1.165, 1.54) is 0 Å². The summed E-state index contributed by atoms with van der Waals surface area (Å²) in [6.45, 7) is 6.95. The first-order valence-corrected chi connectivity index (χ1v) is 6.79. The molecule has 2 heterocycles. The Labute approximate surface area is 112 Å². The molecule has 106 valence electrons. The number of rotatable bonds is 5. The second-order valence-corrected chi connectivity index (χ2v) is 4.69. The van der Waals surface area contributed by atoms with Crippen molar-refractivity contribution >= 4 is 11.9 Å². The summed E-state index contributed by atoms with van der Waals surface area (Å²) in [5.41, 5.74) is 0. The van der Waals surface area contributed by atoms with Crippen LogP contribution in [0.1, 0.15) is 38.6 Å². The molecule has 1 aromatic heterocycles. The number of amides is 1. The molecule has 0 saturated carbocycles.